The molecule has 306 valence electrons. The fraction of sp³-hybridized carbons (Fsp3) is 0.326. The molecule has 4 aromatic carbocycles. The Bertz CT molecular complexity index is 2220. The van der Waals surface area contributed by atoms with Crippen LogP contribution in [0.1, 0.15) is 62.6 Å². The minimum Gasteiger partial charge on any atom is -0.444 e. The second-order valence-electron chi connectivity index (χ2n) is 15.7. The van der Waals surface area contributed by atoms with Gasteiger partial charge in [0.15, 0.2) is 0 Å². The van der Waals surface area contributed by atoms with E-state index in [4.69, 9.17) is 14.2 Å². The standard InChI is InChI=1S/C46H50N6O7/c1-30(31-11-7-5-8-12-31)43(54)51-23-25-57-28-38(51)41-47-27-37(49-41)34-17-15-32(16-18-34)33-19-21-36(22-20-33)48-42(53)39-29-58-26-24-52(39)44(55)40(35-13-9-6-10-14-35)50-45(56)59-46(2,3)4/h5-22,27,30,38-40H,23-26,28-29H2,1-4H3,(H,47,49)(H,48,53)(H,50,56)/t30-,38+,39+,40-/m1/s1. The van der Waals surface area contributed by atoms with E-state index in [0.717, 1.165) is 27.9 Å². The summed E-state index contributed by atoms with van der Waals surface area (Å²) in [5.74, 6) is -0.415. The molecule has 3 N–H and O–H groups in total. The van der Waals surface area contributed by atoms with Gasteiger partial charge in [0.1, 0.15) is 29.6 Å². The highest BCUT2D eigenvalue weighted by molar-refractivity contribution is 5.99. The Morgan fingerprint density at radius 1 is 0.746 bits per heavy atom. The lowest BCUT2D eigenvalue weighted by molar-refractivity contribution is -0.148. The average Bonchev–Trinajstić information content (AvgIpc) is 3.76. The average molecular weight is 799 g/mol. The molecule has 4 amide bonds. The van der Waals surface area contributed by atoms with E-state index < -0.39 is 35.6 Å². The molecule has 2 fully saturated rings. The Kier molecular flexibility index (Phi) is 12.5. The summed E-state index contributed by atoms with van der Waals surface area (Å²) in [6.07, 6.45) is 1.05. The zero-order valence-electron chi connectivity index (χ0n) is 33.7. The molecule has 59 heavy (non-hydrogen) atoms. The second kappa shape index (κ2) is 18.1. The Balaban J connectivity index is 0.993. The van der Waals surface area contributed by atoms with E-state index in [1.165, 1.54) is 4.90 Å². The van der Waals surface area contributed by atoms with Gasteiger partial charge in [0.2, 0.25) is 11.8 Å². The minimum absolute atomic E-state index is 0.00601. The number of amides is 4. The summed E-state index contributed by atoms with van der Waals surface area (Å²) in [6.45, 7) is 8.94. The van der Waals surface area contributed by atoms with Crippen LogP contribution in [0.15, 0.2) is 115 Å². The SMILES string of the molecule is C[C@@H](C(=O)N1CCOC[C@H]1c1ncc(-c2ccc(-c3ccc(NC(=O)[C@@H]4COCCN4C(=O)[C@H](NC(=O)OC(C)(C)C)c4ccccc4)cc3)cc2)[nH]1)c1ccccc1. The molecule has 13 nitrogen and oxygen atoms in total. The van der Waals surface area contributed by atoms with Crippen molar-refractivity contribution in [2.75, 3.05) is 44.8 Å². The van der Waals surface area contributed by atoms with Crippen LogP contribution < -0.4 is 10.6 Å². The first kappa shape index (κ1) is 40.9. The van der Waals surface area contributed by atoms with Gasteiger partial charge in [0, 0.05) is 18.8 Å². The van der Waals surface area contributed by atoms with Crippen LogP contribution in [0.2, 0.25) is 0 Å². The number of H-pyrrole nitrogens is 1. The number of hydrogen-bond acceptors (Lipinski definition) is 8. The largest absolute Gasteiger partial charge is 0.444 e. The van der Waals surface area contributed by atoms with Crippen molar-refractivity contribution in [3.63, 3.8) is 0 Å². The zero-order valence-corrected chi connectivity index (χ0v) is 33.7. The molecule has 0 radical (unpaired) electrons. The van der Waals surface area contributed by atoms with Crippen LogP contribution in [-0.4, -0.2) is 94.7 Å². The van der Waals surface area contributed by atoms with Gasteiger partial charge < -0.3 is 39.6 Å². The molecule has 0 bridgehead atoms. The fourth-order valence-corrected chi connectivity index (χ4v) is 7.30. The number of carbonyl (C=O) groups is 4. The van der Waals surface area contributed by atoms with Crippen LogP contribution >= 0.6 is 0 Å². The molecular formula is C46H50N6O7. The van der Waals surface area contributed by atoms with Gasteiger partial charge in [-0.3, -0.25) is 14.4 Å². The Morgan fingerprint density at radius 2 is 1.32 bits per heavy atom. The number of alkyl carbamates (subject to hydrolysis) is 1. The Labute approximate surface area is 344 Å². The number of hydrogen-bond donors (Lipinski definition) is 3. The number of morpholine rings is 2. The summed E-state index contributed by atoms with van der Waals surface area (Å²) in [6, 6.07) is 31.9. The summed E-state index contributed by atoms with van der Waals surface area (Å²) < 4.78 is 16.9. The fourth-order valence-electron chi connectivity index (χ4n) is 7.30. The Hall–Kier alpha value is -6.31. The maximum atomic E-state index is 14.1. The lowest BCUT2D eigenvalue weighted by Gasteiger charge is -2.37. The summed E-state index contributed by atoms with van der Waals surface area (Å²) in [7, 11) is 0. The number of nitrogens with zero attached hydrogens (tertiary/aromatic N) is 3. The smallest absolute Gasteiger partial charge is 0.408 e. The van der Waals surface area contributed by atoms with Crippen molar-refractivity contribution in [1.82, 2.24) is 25.1 Å². The number of aromatic nitrogens is 2. The maximum absolute atomic E-state index is 14.1. The first-order valence-electron chi connectivity index (χ1n) is 19.9. The van der Waals surface area contributed by atoms with Gasteiger partial charge in [-0.1, -0.05) is 97.1 Å². The predicted molar refractivity (Wildman–Crippen MR) is 223 cm³/mol. The molecule has 7 rings (SSSR count). The van der Waals surface area contributed by atoms with Crippen LogP contribution in [0, 0.1) is 0 Å². The monoisotopic (exact) mass is 798 g/mol. The van der Waals surface area contributed by atoms with Crippen LogP contribution in [0.4, 0.5) is 10.5 Å². The van der Waals surface area contributed by atoms with Crippen LogP contribution in [0.3, 0.4) is 0 Å². The van der Waals surface area contributed by atoms with Gasteiger partial charge in [-0.05, 0) is 67.6 Å². The molecule has 0 saturated carbocycles. The third-order valence-corrected chi connectivity index (χ3v) is 10.4. The van der Waals surface area contributed by atoms with E-state index in [9.17, 15) is 19.2 Å². The van der Waals surface area contributed by atoms with E-state index in [0.29, 0.717) is 36.8 Å². The topological polar surface area (TPSA) is 155 Å². The predicted octanol–water partition coefficient (Wildman–Crippen LogP) is 6.88. The minimum atomic E-state index is -1.07. The number of nitrogens with one attached hydrogen (secondary N) is 3. The number of imidazole rings is 1. The number of anilines is 1. The summed E-state index contributed by atoms with van der Waals surface area (Å²) in [5.41, 5.74) is 5.01. The third kappa shape index (κ3) is 9.87. The highest BCUT2D eigenvalue weighted by atomic mass is 16.6. The van der Waals surface area contributed by atoms with Crippen molar-refractivity contribution in [3.05, 3.63) is 132 Å². The van der Waals surface area contributed by atoms with E-state index in [1.54, 1.807) is 51.2 Å². The molecule has 1 aromatic heterocycles. The molecule has 5 aromatic rings. The van der Waals surface area contributed by atoms with E-state index in [1.807, 2.05) is 96.8 Å². The van der Waals surface area contributed by atoms with Crippen LogP contribution in [0.25, 0.3) is 22.4 Å². The number of carbonyl (C=O) groups excluding carboxylic acids is 4. The first-order chi connectivity index (χ1) is 28.4. The first-order valence-corrected chi connectivity index (χ1v) is 19.9. The van der Waals surface area contributed by atoms with E-state index in [2.05, 4.69) is 20.6 Å². The third-order valence-electron chi connectivity index (χ3n) is 10.4. The van der Waals surface area contributed by atoms with Crippen LogP contribution in [0.5, 0.6) is 0 Å². The number of rotatable bonds is 10. The normalized spacial score (nSPS) is 18.0. The number of benzene rings is 4. The zero-order chi connectivity index (χ0) is 41.5. The molecule has 2 aliphatic rings. The Morgan fingerprint density at radius 3 is 1.97 bits per heavy atom. The molecular weight excluding hydrogens is 749 g/mol. The second-order valence-corrected chi connectivity index (χ2v) is 15.7. The van der Waals surface area contributed by atoms with Crippen molar-refractivity contribution < 1.29 is 33.4 Å². The van der Waals surface area contributed by atoms with Gasteiger partial charge in [-0.25, -0.2) is 9.78 Å². The summed E-state index contributed by atoms with van der Waals surface area (Å²) in [5, 5.41) is 5.65. The number of ether oxygens (including phenoxy) is 3. The van der Waals surface area contributed by atoms with Crippen molar-refractivity contribution in [2.45, 2.75) is 57.3 Å². The molecule has 0 unspecified atom stereocenters. The van der Waals surface area contributed by atoms with Crippen molar-refractivity contribution in [2.24, 2.45) is 0 Å². The van der Waals surface area contributed by atoms with E-state index in [-0.39, 0.29) is 37.6 Å². The van der Waals surface area contributed by atoms with Crippen LogP contribution in [-0.2, 0) is 28.6 Å². The van der Waals surface area contributed by atoms with Crippen molar-refractivity contribution in [3.8, 4) is 22.4 Å². The lowest BCUT2D eigenvalue weighted by Crippen LogP contribution is -2.57. The summed E-state index contributed by atoms with van der Waals surface area (Å²) >= 11 is 0. The molecule has 2 saturated heterocycles. The number of aromatic amines is 1. The summed E-state index contributed by atoms with van der Waals surface area (Å²) in [4.78, 5) is 65.6. The molecule has 3 heterocycles. The maximum Gasteiger partial charge on any atom is 0.408 e. The van der Waals surface area contributed by atoms with Crippen molar-refractivity contribution in [1.29, 1.82) is 0 Å². The van der Waals surface area contributed by atoms with Gasteiger partial charge in [0.05, 0.1) is 44.2 Å². The van der Waals surface area contributed by atoms with E-state index >= 15 is 0 Å². The van der Waals surface area contributed by atoms with Gasteiger partial charge >= 0.3 is 6.09 Å². The quantitative estimate of drug-likeness (QED) is 0.138. The molecule has 4 atom stereocenters. The van der Waals surface area contributed by atoms with Gasteiger partial charge in [-0.15, -0.1) is 0 Å². The lowest BCUT2D eigenvalue weighted by atomic mass is 9.98. The van der Waals surface area contributed by atoms with Gasteiger partial charge in [0.25, 0.3) is 5.91 Å². The highest BCUT2D eigenvalue weighted by Crippen LogP contribution is 2.31. The van der Waals surface area contributed by atoms with Gasteiger partial charge in [-0.2, -0.15) is 0 Å². The molecule has 0 spiro atoms. The molecule has 2 aliphatic heterocycles. The molecule has 0 aliphatic carbocycles. The highest BCUT2D eigenvalue weighted by Gasteiger charge is 2.38. The molecule has 13 heteroatoms. The van der Waals surface area contributed by atoms with Crippen molar-refractivity contribution >= 4 is 29.5 Å².